The van der Waals surface area contributed by atoms with Crippen LogP contribution in [0.15, 0.2) is 71.3 Å². The summed E-state index contributed by atoms with van der Waals surface area (Å²) in [6, 6.07) is 15.1. The second-order valence-electron chi connectivity index (χ2n) is 5.51. The summed E-state index contributed by atoms with van der Waals surface area (Å²) in [7, 11) is 0. The molecule has 1 aromatic heterocycles. The molecule has 1 amide bonds. The van der Waals surface area contributed by atoms with Gasteiger partial charge in [0.1, 0.15) is 6.61 Å². The highest BCUT2D eigenvalue weighted by Crippen LogP contribution is 2.16. The van der Waals surface area contributed by atoms with E-state index < -0.39 is 16.8 Å². The minimum absolute atomic E-state index is 0.0280. The molecule has 0 saturated heterocycles. The van der Waals surface area contributed by atoms with Gasteiger partial charge in [0.15, 0.2) is 5.76 Å². The Labute approximate surface area is 153 Å². The van der Waals surface area contributed by atoms with E-state index in [1.54, 1.807) is 24.3 Å². The van der Waals surface area contributed by atoms with E-state index in [4.69, 9.17) is 9.15 Å². The molecule has 8 nitrogen and oxygen atoms in total. The van der Waals surface area contributed by atoms with Gasteiger partial charge >= 0.3 is 5.97 Å². The molecule has 0 aliphatic heterocycles. The Bertz CT molecular complexity index is 964. The zero-order valence-electron chi connectivity index (χ0n) is 14.0. The first-order valence-electron chi connectivity index (χ1n) is 7.88. The molecular weight excluding hydrogens is 352 g/mol. The van der Waals surface area contributed by atoms with Crippen molar-refractivity contribution in [1.82, 2.24) is 0 Å². The lowest BCUT2D eigenvalue weighted by molar-refractivity contribution is -0.384. The molecular formula is C19H14N2O6. The number of hydrogen-bond donors (Lipinski definition) is 1. The number of hydrogen-bond acceptors (Lipinski definition) is 6. The summed E-state index contributed by atoms with van der Waals surface area (Å²) < 4.78 is 10.2. The van der Waals surface area contributed by atoms with Crippen molar-refractivity contribution < 1.29 is 23.7 Å². The minimum Gasteiger partial charge on any atom is -0.459 e. The molecule has 27 heavy (non-hydrogen) atoms. The molecule has 0 aliphatic carbocycles. The summed E-state index contributed by atoms with van der Waals surface area (Å²) in [4.78, 5) is 34.3. The summed E-state index contributed by atoms with van der Waals surface area (Å²) >= 11 is 0. The first-order chi connectivity index (χ1) is 13.0. The van der Waals surface area contributed by atoms with E-state index in [1.807, 2.05) is 0 Å². The van der Waals surface area contributed by atoms with Crippen LogP contribution in [0.1, 0.15) is 26.5 Å². The van der Waals surface area contributed by atoms with Crippen molar-refractivity contribution in [1.29, 1.82) is 0 Å². The average molecular weight is 366 g/mol. The highest BCUT2D eigenvalue weighted by Gasteiger charge is 2.12. The molecule has 0 saturated carbocycles. The summed E-state index contributed by atoms with van der Waals surface area (Å²) in [5, 5.41) is 13.3. The number of carbonyl (C=O) groups is 2. The van der Waals surface area contributed by atoms with Crippen LogP contribution in [0.3, 0.4) is 0 Å². The molecule has 1 N–H and O–H groups in total. The van der Waals surface area contributed by atoms with Crippen molar-refractivity contribution in [2.24, 2.45) is 0 Å². The Morgan fingerprint density at radius 1 is 1.07 bits per heavy atom. The van der Waals surface area contributed by atoms with Gasteiger partial charge in [-0.05, 0) is 48.0 Å². The van der Waals surface area contributed by atoms with Gasteiger partial charge in [0.2, 0.25) is 0 Å². The van der Waals surface area contributed by atoms with Crippen molar-refractivity contribution in [2.75, 3.05) is 5.32 Å². The fourth-order valence-electron chi connectivity index (χ4n) is 2.27. The smallest absolute Gasteiger partial charge is 0.338 e. The quantitative estimate of drug-likeness (QED) is 0.403. The summed E-state index contributed by atoms with van der Waals surface area (Å²) in [6.45, 7) is -0.0280. The second kappa shape index (κ2) is 7.96. The van der Waals surface area contributed by atoms with Crippen molar-refractivity contribution >= 4 is 23.3 Å². The number of nitrogens with one attached hydrogen (secondary N) is 1. The van der Waals surface area contributed by atoms with E-state index in [1.165, 1.54) is 42.7 Å². The van der Waals surface area contributed by atoms with Gasteiger partial charge in [0, 0.05) is 17.8 Å². The average Bonchev–Trinajstić information content (AvgIpc) is 3.21. The van der Waals surface area contributed by atoms with Crippen LogP contribution in [0.4, 0.5) is 11.4 Å². The fourth-order valence-corrected chi connectivity index (χ4v) is 2.27. The molecule has 0 aliphatic rings. The van der Waals surface area contributed by atoms with E-state index in [9.17, 15) is 19.7 Å². The Balaban J connectivity index is 1.61. The summed E-state index contributed by atoms with van der Waals surface area (Å²) in [5.74, 6) is -0.861. The zero-order valence-corrected chi connectivity index (χ0v) is 14.0. The number of furan rings is 1. The predicted molar refractivity (Wildman–Crippen MR) is 95.3 cm³/mol. The lowest BCUT2D eigenvalue weighted by atomic mass is 10.2. The highest BCUT2D eigenvalue weighted by molar-refractivity contribution is 6.03. The molecule has 0 bridgehead atoms. The molecule has 0 radical (unpaired) electrons. The van der Waals surface area contributed by atoms with Crippen LogP contribution in [0.25, 0.3) is 0 Å². The number of amides is 1. The third-order valence-electron chi connectivity index (χ3n) is 3.62. The topological polar surface area (TPSA) is 112 Å². The number of rotatable bonds is 6. The molecule has 3 aromatic rings. The lowest BCUT2D eigenvalue weighted by Crippen LogP contribution is -2.12. The molecule has 0 fully saturated rings. The van der Waals surface area contributed by atoms with Crippen molar-refractivity contribution in [2.45, 2.75) is 6.61 Å². The number of anilines is 1. The van der Waals surface area contributed by atoms with Gasteiger partial charge in [-0.15, -0.1) is 0 Å². The maximum atomic E-state index is 12.2. The third-order valence-corrected chi connectivity index (χ3v) is 3.62. The Kier molecular flexibility index (Phi) is 5.27. The van der Waals surface area contributed by atoms with Gasteiger partial charge in [-0.3, -0.25) is 14.9 Å². The van der Waals surface area contributed by atoms with Crippen LogP contribution in [0.5, 0.6) is 0 Å². The van der Waals surface area contributed by atoms with Gasteiger partial charge in [-0.2, -0.15) is 0 Å². The fraction of sp³-hybridized carbons (Fsp3) is 0.0526. The minimum atomic E-state index is -0.581. The predicted octanol–water partition coefficient (Wildman–Crippen LogP) is 3.80. The van der Waals surface area contributed by atoms with E-state index in [2.05, 4.69) is 5.32 Å². The summed E-state index contributed by atoms with van der Waals surface area (Å²) in [6.07, 6.45) is 1.39. The van der Waals surface area contributed by atoms with Crippen LogP contribution >= 0.6 is 0 Å². The standard InChI is InChI=1S/C19H14N2O6/c22-18(17-5-2-10-26-17)20-15-4-1-3-14(11-15)19(23)27-12-13-6-8-16(9-7-13)21(24)25/h1-11H,12H2,(H,20,22). The van der Waals surface area contributed by atoms with Gasteiger partial charge in [-0.25, -0.2) is 4.79 Å². The lowest BCUT2D eigenvalue weighted by Gasteiger charge is -2.07. The van der Waals surface area contributed by atoms with Crippen molar-refractivity contribution in [3.63, 3.8) is 0 Å². The molecule has 0 spiro atoms. The van der Waals surface area contributed by atoms with Gasteiger partial charge in [0.05, 0.1) is 16.7 Å². The SMILES string of the molecule is O=C(OCc1ccc([N+](=O)[O-])cc1)c1cccc(NC(=O)c2ccco2)c1. The number of nitro groups is 1. The van der Waals surface area contributed by atoms with Crippen LogP contribution in [0, 0.1) is 10.1 Å². The van der Waals surface area contributed by atoms with Crippen molar-refractivity contribution in [3.8, 4) is 0 Å². The van der Waals surface area contributed by atoms with Crippen LogP contribution in [0.2, 0.25) is 0 Å². The maximum absolute atomic E-state index is 12.2. The summed E-state index contributed by atoms with van der Waals surface area (Å²) in [5.41, 5.74) is 1.26. The molecule has 136 valence electrons. The zero-order chi connectivity index (χ0) is 19.2. The Morgan fingerprint density at radius 3 is 2.52 bits per heavy atom. The van der Waals surface area contributed by atoms with Gasteiger partial charge in [-0.1, -0.05) is 6.07 Å². The number of nitro benzene ring substituents is 1. The largest absolute Gasteiger partial charge is 0.459 e. The van der Waals surface area contributed by atoms with E-state index >= 15 is 0 Å². The van der Waals surface area contributed by atoms with E-state index in [0.29, 0.717) is 11.3 Å². The Hall–Kier alpha value is -3.94. The monoisotopic (exact) mass is 366 g/mol. The van der Waals surface area contributed by atoms with E-state index in [0.717, 1.165) is 0 Å². The molecule has 2 aromatic carbocycles. The molecule has 0 atom stereocenters. The Morgan fingerprint density at radius 2 is 1.85 bits per heavy atom. The van der Waals surface area contributed by atoms with Crippen LogP contribution in [-0.4, -0.2) is 16.8 Å². The normalized spacial score (nSPS) is 10.2. The third kappa shape index (κ3) is 4.57. The first kappa shape index (κ1) is 17.9. The number of non-ortho nitro benzene ring substituents is 1. The number of esters is 1. The van der Waals surface area contributed by atoms with Gasteiger partial charge in [0.25, 0.3) is 11.6 Å². The number of benzene rings is 2. The number of nitrogens with zero attached hydrogens (tertiary/aromatic N) is 1. The molecule has 3 rings (SSSR count). The van der Waals surface area contributed by atoms with Crippen LogP contribution in [-0.2, 0) is 11.3 Å². The van der Waals surface area contributed by atoms with Crippen molar-refractivity contribution in [3.05, 3.63) is 93.9 Å². The van der Waals surface area contributed by atoms with Crippen LogP contribution < -0.4 is 5.32 Å². The van der Waals surface area contributed by atoms with E-state index in [-0.39, 0.29) is 23.6 Å². The molecule has 0 unspecified atom stereocenters. The number of ether oxygens (including phenoxy) is 1. The molecule has 1 heterocycles. The van der Waals surface area contributed by atoms with Gasteiger partial charge < -0.3 is 14.5 Å². The number of carbonyl (C=O) groups excluding carboxylic acids is 2. The highest BCUT2D eigenvalue weighted by atomic mass is 16.6. The first-order valence-corrected chi connectivity index (χ1v) is 7.88. The second-order valence-corrected chi connectivity index (χ2v) is 5.51. The molecule has 8 heteroatoms. The maximum Gasteiger partial charge on any atom is 0.338 e.